The molecule has 3 fully saturated rings. The predicted octanol–water partition coefficient (Wildman–Crippen LogP) is 3.24. The molecule has 24 heavy (non-hydrogen) atoms. The number of morpholine rings is 1. The molecule has 0 bridgehead atoms. The highest BCUT2D eigenvalue weighted by molar-refractivity contribution is 5.27. The number of rotatable bonds is 6. The van der Waals surface area contributed by atoms with Gasteiger partial charge in [-0.1, -0.05) is 12.1 Å². The van der Waals surface area contributed by atoms with E-state index in [9.17, 15) is 0 Å². The third kappa shape index (κ3) is 3.93. The minimum atomic E-state index is 0.381. The number of ether oxygens (including phenoxy) is 3. The minimum absolute atomic E-state index is 0.381. The van der Waals surface area contributed by atoms with Gasteiger partial charge in [0.05, 0.1) is 25.4 Å². The fourth-order valence-electron chi connectivity index (χ4n) is 3.98. The minimum Gasteiger partial charge on any atom is -0.493 e. The number of methoxy groups -OCH3 is 1. The van der Waals surface area contributed by atoms with Crippen molar-refractivity contribution in [3.63, 3.8) is 0 Å². The van der Waals surface area contributed by atoms with Crippen LogP contribution >= 0.6 is 0 Å². The van der Waals surface area contributed by atoms with Crippen LogP contribution in [-0.2, 0) is 16.0 Å². The van der Waals surface area contributed by atoms with Gasteiger partial charge in [0.25, 0.3) is 0 Å². The fraction of sp³-hybridized carbons (Fsp3) is 0.700. The Balaban J connectivity index is 1.35. The van der Waals surface area contributed by atoms with Crippen LogP contribution in [-0.4, -0.2) is 50.0 Å². The lowest BCUT2D eigenvalue weighted by Crippen LogP contribution is -2.54. The van der Waals surface area contributed by atoms with Crippen molar-refractivity contribution in [2.24, 2.45) is 5.92 Å². The molecule has 2 aliphatic carbocycles. The van der Waals surface area contributed by atoms with Crippen molar-refractivity contribution < 1.29 is 14.2 Å². The molecule has 1 aliphatic heterocycles. The lowest BCUT2D eigenvalue weighted by Gasteiger charge is -2.45. The molecule has 1 aromatic carbocycles. The molecular weight excluding hydrogens is 302 g/mol. The Morgan fingerprint density at radius 1 is 1.12 bits per heavy atom. The Labute approximate surface area is 145 Å². The molecule has 0 radical (unpaired) electrons. The summed E-state index contributed by atoms with van der Waals surface area (Å²) in [7, 11) is 1.83. The van der Waals surface area contributed by atoms with Crippen molar-refractivity contribution in [2.45, 2.75) is 56.9 Å². The summed E-state index contributed by atoms with van der Waals surface area (Å²) in [6, 6.07) is 9.15. The van der Waals surface area contributed by atoms with E-state index >= 15 is 0 Å². The molecule has 1 aromatic rings. The van der Waals surface area contributed by atoms with Crippen LogP contribution in [0.15, 0.2) is 24.3 Å². The second-order valence-electron chi connectivity index (χ2n) is 7.52. The Morgan fingerprint density at radius 3 is 2.71 bits per heavy atom. The summed E-state index contributed by atoms with van der Waals surface area (Å²) in [6.07, 6.45) is 6.76. The van der Waals surface area contributed by atoms with Crippen LogP contribution < -0.4 is 4.74 Å². The first-order chi connectivity index (χ1) is 11.8. The predicted molar refractivity (Wildman–Crippen MR) is 93.2 cm³/mol. The molecule has 0 amide bonds. The first kappa shape index (κ1) is 16.4. The van der Waals surface area contributed by atoms with Gasteiger partial charge < -0.3 is 14.2 Å². The molecule has 4 nitrogen and oxygen atoms in total. The smallest absolute Gasteiger partial charge is 0.119 e. The zero-order valence-corrected chi connectivity index (χ0v) is 14.7. The SMILES string of the molecule is COC1CCC2OCCN(Cc3ccc(OCC4CC4)cc3)C2C1. The van der Waals surface area contributed by atoms with Gasteiger partial charge in [0, 0.05) is 26.2 Å². The maximum Gasteiger partial charge on any atom is 0.119 e. The van der Waals surface area contributed by atoms with E-state index in [0.29, 0.717) is 18.2 Å². The van der Waals surface area contributed by atoms with E-state index < -0.39 is 0 Å². The van der Waals surface area contributed by atoms with Gasteiger partial charge >= 0.3 is 0 Å². The van der Waals surface area contributed by atoms with Gasteiger partial charge in [-0.15, -0.1) is 0 Å². The van der Waals surface area contributed by atoms with Gasteiger partial charge in [0.15, 0.2) is 0 Å². The second-order valence-corrected chi connectivity index (χ2v) is 7.52. The molecule has 0 spiro atoms. The van der Waals surface area contributed by atoms with E-state index in [4.69, 9.17) is 14.2 Å². The van der Waals surface area contributed by atoms with Crippen LogP contribution in [0.2, 0.25) is 0 Å². The number of hydrogen-bond donors (Lipinski definition) is 0. The molecule has 4 heteroatoms. The van der Waals surface area contributed by atoms with Crippen molar-refractivity contribution in [2.75, 3.05) is 26.9 Å². The molecule has 0 aromatic heterocycles. The average molecular weight is 331 g/mol. The quantitative estimate of drug-likeness (QED) is 0.801. The van der Waals surface area contributed by atoms with Gasteiger partial charge in [-0.25, -0.2) is 0 Å². The molecule has 4 rings (SSSR count). The summed E-state index contributed by atoms with van der Waals surface area (Å²) in [4.78, 5) is 2.58. The summed E-state index contributed by atoms with van der Waals surface area (Å²) < 4.78 is 17.5. The van der Waals surface area contributed by atoms with E-state index in [1.807, 2.05) is 7.11 Å². The molecule has 1 saturated heterocycles. The first-order valence-electron chi connectivity index (χ1n) is 9.42. The summed E-state index contributed by atoms with van der Waals surface area (Å²) in [5, 5.41) is 0. The Kier molecular flexibility index (Phi) is 5.06. The Morgan fingerprint density at radius 2 is 1.96 bits per heavy atom. The van der Waals surface area contributed by atoms with Gasteiger partial charge in [-0.2, -0.15) is 0 Å². The number of hydrogen-bond acceptors (Lipinski definition) is 4. The van der Waals surface area contributed by atoms with Crippen LogP contribution in [0.25, 0.3) is 0 Å². The summed E-state index contributed by atoms with van der Waals surface area (Å²) in [5.41, 5.74) is 1.36. The maximum absolute atomic E-state index is 6.00. The highest BCUT2D eigenvalue weighted by atomic mass is 16.5. The van der Waals surface area contributed by atoms with E-state index in [1.165, 1.54) is 18.4 Å². The molecule has 0 N–H and O–H groups in total. The lowest BCUT2D eigenvalue weighted by molar-refractivity contribution is -0.116. The largest absolute Gasteiger partial charge is 0.493 e. The van der Waals surface area contributed by atoms with Crippen molar-refractivity contribution in [1.82, 2.24) is 4.90 Å². The van der Waals surface area contributed by atoms with Crippen LogP contribution in [0, 0.1) is 5.92 Å². The van der Waals surface area contributed by atoms with E-state index in [-0.39, 0.29) is 0 Å². The van der Waals surface area contributed by atoms with Crippen molar-refractivity contribution >= 4 is 0 Å². The molecular formula is C20H29NO3. The summed E-state index contributed by atoms with van der Waals surface area (Å²) in [6.45, 7) is 3.73. The number of nitrogens with zero attached hydrogens (tertiary/aromatic N) is 1. The van der Waals surface area contributed by atoms with Gasteiger partial charge in [0.1, 0.15) is 5.75 Å². The topological polar surface area (TPSA) is 30.9 Å². The summed E-state index contributed by atoms with van der Waals surface area (Å²) >= 11 is 0. The highest BCUT2D eigenvalue weighted by Gasteiger charge is 2.37. The third-order valence-corrected chi connectivity index (χ3v) is 5.71. The summed E-state index contributed by atoms with van der Waals surface area (Å²) in [5.74, 6) is 1.80. The maximum atomic E-state index is 6.00. The third-order valence-electron chi connectivity index (χ3n) is 5.71. The van der Waals surface area contributed by atoms with Crippen molar-refractivity contribution in [1.29, 1.82) is 0 Å². The molecule has 132 valence electrons. The lowest BCUT2D eigenvalue weighted by atomic mass is 9.87. The highest BCUT2D eigenvalue weighted by Crippen LogP contribution is 2.32. The van der Waals surface area contributed by atoms with Crippen molar-refractivity contribution in [3.8, 4) is 5.75 Å². The van der Waals surface area contributed by atoms with Crippen LogP contribution in [0.1, 0.15) is 37.7 Å². The second kappa shape index (κ2) is 7.42. The standard InChI is InChI=1S/C20H29NO3/c1-22-18-8-9-20-19(12-18)21(10-11-23-20)13-15-4-6-17(7-5-15)24-14-16-2-3-16/h4-7,16,18-20H,2-3,8-14H2,1H3. The number of benzene rings is 1. The van der Waals surface area contributed by atoms with Crippen LogP contribution in [0.3, 0.4) is 0 Å². The van der Waals surface area contributed by atoms with E-state index in [1.54, 1.807) is 0 Å². The zero-order chi connectivity index (χ0) is 16.4. The van der Waals surface area contributed by atoms with E-state index in [2.05, 4.69) is 29.2 Å². The van der Waals surface area contributed by atoms with Gasteiger partial charge in [0.2, 0.25) is 0 Å². The van der Waals surface area contributed by atoms with E-state index in [0.717, 1.165) is 57.2 Å². The Bertz CT molecular complexity index is 528. The number of fused-ring (bicyclic) bond motifs is 1. The Hall–Kier alpha value is -1.10. The van der Waals surface area contributed by atoms with Gasteiger partial charge in [-0.3, -0.25) is 4.90 Å². The zero-order valence-electron chi connectivity index (χ0n) is 14.7. The molecule has 3 atom stereocenters. The van der Waals surface area contributed by atoms with Crippen LogP contribution in [0.4, 0.5) is 0 Å². The molecule has 2 saturated carbocycles. The fourth-order valence-corrected chi connectivity index (χ4v) is 3.98. The van der Waals surface area contributed by atoms with Crippen LogP contribution in [0.5, 0.6) is 5.75 Å². The normalized spacial score (nSPS) is 30.8. The molecule has 1 heterocycles. The average Bonchev–Trinajstić information content (AvgIpc) is 3.45. The van der Waals surface area contributed by atoms with Crippen molar-refractivity contribution in [3.05, 3.63) is 29.8 Å². The first-order valence-corrected chi connectivity index (χ1v) is 9.42. The molecule has 3 aliphatic rings. The monoisotopic (exact) mass is 331 g/mol. The molecule has 3 unspecified atom stereocenters. The van der Waals surface area contributed by atoms with Gasteiger partial charge in [-0.05, 0) is 55.7 Å².